The number of fused-ring (bicyclic) bond motifs is 1. The Labute approximate surface area is 290 Å². The second kappa shape index (κ2) is 14.0. The second-order valence-electron chi connectivity index (χ2n) is 12.6. The maximum Gasteiger partial charge on any atom is 0.268 e. The molecule has 10 heteroatoms. The lowest BCUT2D eigenvalue weighted by Gasteiger charge is -2.28. The summed E-state index contributed by atoms with van der Waals surface area (Å²) >= 11 is 0. The molecule has 7 rings (SSSR count). The number of nitrogens with zero attached hydrogens (tertiary/aromatic N) is 6. The normalized spacial score (nSPS) is 18.7. The highest BCUT2D eigenvalue weighted by Gasteiger charge is 2.53. The summed E-state index contributed by atoms with van der Waals surface area (Å²) in [5.74, 6) is -1.52. The van der Waals surface area contributed by atoms with E-state index in [1.54, 1.807) is 27.8 Å². The molecule has 0 fully saturated rings. The molecule has 0 saturated carbocycles. The summed E-state index contributed by atoms with van der Waals surface area (Å²) in [6.45, 7) is 2.25. The number of rotatable bonds is 11. The number of amides is 2. The van der Waals surface area contributed by atoms with Crippen molar-refractivity contribution in [3.63, 3.8) is 0 Å². The van der Waals surface area contributed by atoms with Gasteiger partial charge in [-0.3, -0.25) is 19.2 Å². The zero-order valence-electron chi connectivity index (χ0n) is 27.7. The molecule has 0 bridgehead atoms. The van der Waals surface area contributed by atoms with E-state index in [4.69, 9.17) is 5.10 Å². The Morgan fingerprint density at radius 2 is 1.58 bits per heavy atom. The van der Waals surface area contributed by atoms with Crippen LogP contribution in [0.1, 0.15) is 54.5 Å². The molecule has 3 atom stereocenters. The van der Waals surface area contributed by atoms with Gasteiger partial charge in [-0.1, -0.05) is 103 Å². The molecule has 4 aromatic carbocycles. The number of carbonyl (C=O) groups excluding carboxylic acids is 2. The third kappa shape index (κ3) is 6.15. The van der Waals surface area contributed by atoms with Crippen molar-refractivity contribution in [2.24, 2.45) is 11.0 Å². The van der Waals surface area contributed by atoms with Crippen LogP contribution in [0, 0.1) is 5.92 Å². The molecule has 2 aliphatic rings. The van der Waals surface area contributed by atoms with Gasteiger partial charge >= 0.3 is 0 Å². The Hall–Kier alpha value is -5.71. The first-order valence-electron chi connectivity index (χ1n) is 16.8. The van der Waals surface area contributed by atoms with Gasteiger partial charge in [0.1, 0.15) is 0 Å². The molecule has 0 radical (unpaired) electrons. The van der Waals surface area contributed by atoms with Gasteiger partial charge in [-0.15, -0.1) is 5.10 Å². The highest BCUT2D eigenvalue weighted by atomic mass is 16.3. The number of benzene rings is 4. The SMILES string of the molecule is C[C@@H](/C=C/CCn1cc(C(CO)c2ccccc2)nn1)[C@]1(O)C(=O)N(c2ccccc2)c2ccc(N3N=C(c4ccccc4)CCC3=O)cc21. The molecule has 252 valence electrons. The van der Waals surface area contributed by atoms with Crippen LogP contribution in [0.2, 0.25) is 0 Å². The Morgan fingerprint density at radius 3 is 2.30 bits per heavy atom. The average molecular weight is 667 g/mol. The van der Waals surface area contributed by atoms with Crippen molar-refractivity contribution < 1.29 is 19.8 Å². The number of para-hydroxylation sites is 1. The fourth-order valence-electron chi connectivity index (χ4n) is 6.70. The van der Waals surface area contributed by atoms with Crippen molar-refractivity contribution in [3.8, 4) is 0 Å². The van der Waals surface area contributed by atoms with Gasteiger partial charge in [0.15, 0.2) is 5.60 Å². The van der Waals surface area contributed by atoms with E-state index in [0.29, 0.717) is 54.1 Å². The number of hydrogen-bond donors (Lipinski definition) is 2. The van der Waals surface area contributed by atoms with E-state index < -0.39 is 17.4 Å². The minimum Gasteiger partial charge on any atom is -0.395 e. The Morgan fingerprint density at radius 1 is 0.880 bits per heavy atom. The maximum absolute atomic E-state index is 14.3. The highest BCUT2D eigenvalue weighted by molar-refractivity contribution is 6.13. The van der Waals surface area contributed by atoms with E-state index in [-0.39, 0.29) is 18.4 Å². The van der Waals surface area contributed by atoms with E-state index in [0.717, 1.165) is 16.8 Å². The van der Waals surface area contributed by atoms with Crippen LogP contribution in [-0.2, 0) is 21.7 Å². The van der Waals surface area contributed by atoms with Crippen molar-refractivity contribution in [3.05, 3.63) is 150 Å². The predicted octanol–water partition coefficient (Wildman–Crippen LogP) is 6.08. The zero-order valence-corrected chi connectivity index (χ0v) is 27.7. The summed E-state index contributed by atoms with van der Waals surface area (Å²) in [5, 5.41) is 37.1. The smallest absolute Gasteiger partial charge is 0.268 e. The number of aliphatic hydroxyl groups is 2. The molecule has 0 saturated heterocycles. The first kappa shape index (κ1) is 32.8. The largest absolute Gasteiger partial charge is 0.395 e. The van der Waals surface area contributed by atoms with E-state index in [1.165, 1.54) is 5.01 Å². The van der Waals surface area contributed by atoms with Crippen LogP contribution < -0.4 is 9.91 Å². The summed E-state index contributed by atoms with van der Waals surface area (Å²) < 4.78 is 1.73. The van der Waals surface area contributed by atoms with E-state index in [1.807, 2.05) is 116 Å². The van der Waals surface area contributed by atoms with E-state index >= 15 is 0 Å². The number of allylic oxidation sites excluding steroid dienone is 1. The molecular formula is C40H38N6O4. The lowest BCUT2D eigenvalue weighted by Crippen LogP contribution is -2.42. The molecule has 50 heavy (non-hydrogen) atoms. The van der Waals surface area contributed by atoms with Crippen LogP contribution in [-0.4, -0.2) is 49.3 Å². The maximum atomic E-state index is 14.3. The third-order valence-electron chi connectivity index (χ3n) is 9.47. The highest BCUT2D eigenvalue weighted by Crippen LogP contribution is 2.49. The lowest BCUT2D eigenvalue weighted by atomic mass is 9.82. The van der Waals surface area contributed by atoms with Gasteiger partial charge in [-0.2, -0.15) is 5.10 Å². The minimum absolute atomic E-state index is 0.0810. The summed E-state index contributed by atoms with van der Waals surface area (Å²) in [7, 11) is 0. The summed E-state index contributed by atoms with van der Waals surface area (Å²) in [5.41, 5.74) is 3.56. The van der Waals surface area contributed by atoms with Gasteiger partial charge in [0.2, 0.25) is 5.91 Å². The van der Waals surface area contributed by atoms with Crippen LogP contribution >= 0.6 is 0 Å². The first-order valence-corrected chi connectivity index (χ1v) is 16.8. The van der Waals surface area contributed by atoms with Crippen molar-refractivity contribution >= 4 is 34.6 Å². The van der Waals surface area contributed by atoms with Crippen LogP contribution in [0.5, 0.6) is 0 Å². The average Bonchev–Trinajstić information content (AvgIpc) is 3.71. The number of aliphatic hydroxyl groups excluding tert-OH is 1. The predicted molar refractivity (Wildman–Crippen MR) is 192 cm³/mol. The fraction of sp³-hybridized carbons (Fsp3) is 0.225. The van der Waals surface area contributed by atoms with E-state index in [9.17, 15) is 19.8 Å². The molecule has 0 aliphatic carbocycles. The Balaban J connectivity index is 1.15. The molecule has 2 amide bonds. The molecule has 1 aromatic heterocycles. The lowest BCUT2D eigenvalue weighted by molar-refractivity contribution is -0.138. The molecule has 2 N–H and O–H groups in total. The quantitative estimate of drug-likeness (QED) is 0.165. The van der Waals surface area contributed by atoms with Gasteiger partial charge in [-0.05, 0) is 47.9 Å². The van der Waals surface area contributed by atoms with Crippen molar-refractivity contribution in [1.29, 1.82) is 0 Å². The molecular weight excluding hydrogens is 628 g/mol. The van der Waals surface area contributed by atoms with Gasteiger partial charge in [0.25, 0.3) is 5.91 Å². The summed E-state index contributed by atoms with van der Waals surface area (Å²) in [6.07, 6.45) is 7.00. The number of carbonyl (C=O) groups is 2. The Bertz CT molecular complexity index is 2050. The van der Waals surface area contributed by atoms with Gasteiger partial charge in [-0.25, -0.2) is 5.01 Å². The molecule has 1 unspecified atom stereocenters. The minimum atomic E-state index is -1.91. The molecule has 3 heterocycles. The number of anilines is 3. The standard InChI is InChI=1S/C40H38N6O4/c1-28(13-11-12-24-44-26-36(41-43-44)33(27-47)29-14-5-2-6-15-29)40(50)34-25-32(20-22-37(34)45(39(40)49)31-18-9-4-10-19-31)46-38(48)23-21-35(42-46)30-16-7-3-8-17-30/h2-11,13-20,22,25-26,28,33,47,50H,12,21,23-24,27H2,1H3/b13-11+/t28-,33?,40+/m0/s1. The zero-order chi connectivity index (χ0) is 34.7. The number of hydrogen-bond acceptors (Lipinski definition) is 7. The van der Waals surface area contributed by atoms with Crippen LogP contribution in [0.3, 0.4) is 0 Å². The summed E-state index contributed by atoms with van der Waals surface area (Å²) in [4.78, 5) is 29.0. The van der Waals surface area contributed by atoms with Crippen molar-refractivity contribution in [2.45, 2.75) is 44.2 Å². The molecule has 0 spiro atoms. The topological polar surface area (TPSA) is 124 Å². The third-order valence-corrected chi connectivity index (χ3v) is 9.47. The molecule has 10 nitrogen and oxygen atoms in total. The summed E-state index contributed by atoms with van der Waals surface area (Å²) in [6, 6.07) is 34.0. The van der Waals surface area contributed by atoms with Crippen molar-refractivity contribution in [2.75, 3.05) is 16.5 Å². The second-order valence-corrected chi connectivity index (χ2v) is 12.6. The van der Waals surface area contributed by atoms with Crippen LogP contribution in [0.15, 0.2) is 133 Å². The monoisotopic (exact) mass is 666 g/mol. The van der Waals surface area contributed by atoms with Gasteiger partial charge in [0.05, 0.1) is 35.3 Å². The fourth-order valence-corrected chi connectivity index (χ4v) is 6.70. The number of aryl methyl sites for hydroxylation is 1. The number of hydrazone groups is 1. The first-order chi connectivity index (χ1) is 24.4. The molecule has 2 aliphatic heterocycles. The van der Waals surface area contributed by atoms with Crippen LogP contribution in [0.25, 0.3) is 0 Å². The van der Waals surface area contributed by atoms with E-state index in [2.05, 4.69) is 10.3 Å². The van der Waals surface area contributed by atoms with Gasteiger partial charge in [0, 0.05) is 42.8 Å². The molecule has 5 aromatic rings. The van der Waals surface area contributed by atoms with Crippen LogP contribution in [0.4, 0.5) is 17.1 Å². The van der Waals surface area contributed by atoms with Gasteiger partial charge < -0.3 is 10.2 Å². The van der Waals surface area contributed by atoms with Crippen molar-refractivity contribution in [1.82, 2.24) is 15.0 Å². The number of aromatic nitrogens is 3. The Kier molecular flexibility index (Phi) is 9.21.